The highest BCUT2D eigenvalue weighted by atomic mass is 15.0. The lowest BCUT2D eigenvalue weighted by Crippen LogP contribution is -2.18. The van der Waals surface area contributed by atoms with Gasteiger partial charge in [-0.3, -0.25) is 0 Å². The first-order chi connectivity index (χ1) is 24.7. The van der Waals surface area contributed by atoms with Crippen molar-refractivity contribution in [3.05, 3.63) is 180 Å². The van der Waals surface area contributed by atoms with E-state index in [-0.39, 0.29) is 6.04 Å². The van der Waals surface area contributed by atoms with E-state index >= 15 is 0 Å². The highest BCUT2D eigenvalue weighted by molar-refractivity contribution is 6.05. The second-order valence-electron chi connectivity index (χ2n) is 12.4. The molecular weight excluding hydrogens is 613 g/mol. The van der Waals surface area contributed by atoms with Crippen LogP contribution in [0.1, 0.15) is 28.8 Å². The Labute approximate surface area is 289 Å². The molecule has 5 heterocycles. The van der Waals surface area contributed by atoms with Crippen molar-refractivity contribution in [3.8, 4) is 27.9 Å². The molecule has 3 aliphatic rings. The monoisotopic (exact) mass is 642 g/mol. The van der Waals surface area contributed by atoms with Crippen LogP contribution in [0.3, 0.4) is 0 Å². The highest BCUT2D eigenvalue weighted by Gasteiger charge is 2.25. The van der Waals surface area contributed by atoms with Gasteiger partial charge in [-0.1, -0.05) is 91.0 Å². The fourth-order valence-corrected chi connectivity index (χ4v) is 7.09. The van der Waals surface area contributed by atoms with Gasteiger partial charge in [0.1, 0.15) is 0 Å². The van der Waals surface area contributed by atoms with E-state index in [0.717, 1.165) is 72.8 Å². The van der Waals surface area contributed by atoms with Gasteiger partial charge in [0.2, 0.25) is 0 Å². The van der Waals surface area contributed by atoms with Crippen molar-refractivity contribution in [1.29, 1.82) is 0 Å². The van der Waals surface area contributed by atoms with E-state index in [1.807, 2.05) is 30.4 Å². The summed E-state index contributed by atoms with van der Waals surface area (Å²) in [6.07, 6.45) is 16.0. The number of rotatable bonds is 4. The molecule has 2 aliphatic heterocycles. The van der Waals surface area contributed by atoms with Crippen LogP contribution in [0.25, 0.3) is 79.8 Å². The molecule has 0 radical (unpaired) electrons. The van der Waals surface area contributed by atoms with Gasteiger partial charge in [0.25, 0.3) is 0 Å². The van der Waals surface area contributed by atoms with Gasteiger partial charge in [0.15, 0.2) is 6.04 Å². The Morgan fingerprint density at radius 1 is 0.520 bits per heavy atom. The maximum atomic E-state index is 9.92. The molecule has 8 bridgehead atoms. The molecule has 6 nitrogen and oxygen atoms in total. The average Bonchev–Trinajstić information content (AvgIpc) is 3.96. The molecule has 0 spiro atoms. The number of fused-ring (bicyclic) bond motifs is 8. The Balaban J connectivity index is 1.46. The van der Waals surface area contributed by atoms with Gasteiger partial charge in [-0.2, -0.15) is 4.79 Å². The number of benzene rings is 3. The van der Waals surface area contributed by atoms with Gasteiger partial charge in [0, 0.05) is 33.9 Å². The highest BCUT2D eigenvalue weighted by Crippen LogP contribution is 2.43. The zero-order chi connectivity index (χ0) is 33.4. The smallest absolute Gasteiger partial charge is 0.318 e. The minimum Gasteiger partial charge on any atom is -0.361 e. The molecule has 50 heavy (non-hydrogen) atoms. The summed E-state index contributed by atoms with van der Waals surface area (Å²) in [6, 6.07) is 44.1. The average molecular weight is 643 g/mol. The van der Waals surface area contributed by atoms with Crippen LogP contribution in [0.15, 0.2) is 152 Å². The molecular formula is C44H30N6. The van der Waals surface area contributed by atoms with Crippen LogP contribution in [0.5, 0.6) is 0 Å². The van der Waals surface area contributed by atoms with Crippen molar-refractivity contribution in [1.82, 2.24) is 19.1 Å². The van der Waals surface area contributed by atoms with E-state index in [0.29, 0.717) is 5.71 Å². The number of hydrogen-bond acceptors (Lipinski definition) is 2. The summed E-state index contributed by atoms with van der Waals surface area (Å²) in [7, 11) is 0. The zero-order valence-corrected chi connectivity index (χ0v) is 27.0. The molecule has 0 saturated heterocycles. The van der Waals surface area contributed by atoms with E-state index < -0.39 is 0 Å². The summed E-state index contributed by atoms with van der Waals surface area (Å²) >= 11 is 0. The van der Waals surface area contributed by atoms with Crippen molar-refractivity contribution >= 4 is 52.1 Å². The van der Waals surface area contributed by atoms with Gasteiger partial charge in [-0.05, 0) is 90.0 Å². The normalized spacial score (nSPS) is 14.6. The molecule has 0 amide bonds. The molecule has 0 N–H and O–H groups in total. The number of para-hydroxylation sites is 1. The summed E-state index contributed by atoms with van der Waals surface area (Å²) in [5.74, 6) is 0. The molecule has 9 rings (SSSR count). The van der Waals surface area contributed by atoms with Gasteiger partial charge in [-0.15, -0.1) is 0 Å². The first-order valence-electron chi connectivity index (χ1n) is 16.6. The van der Waals surface area contributed by atoms with Gasteiger partial charge in [-0.25, -0.2) is 9.97 Å². The van der Waals surface area contributed by atoms with Crippen molar-refractivity contribution in [2.75, 3.05) is 0 Å². The van der Waals surface area contributed by atoms with Crippen molar-refractivity contribution in [2.45, 2.75) is 6.04 Å². The van der Waals surface area contributed by atoms with Crippen LogP contribution in [-0.2, 0) is 0 Å². The molecule has 0 saturated carbocycles. The molecule has 1 aliphatic carbocycles. The minimum absolute atomic E-state index is 0.300. The van der Waals surface area contributed by atoms with Crippen LogP contribution >= 0.6 is 0 Å². The fraction of sp³-hybridized carbons (Fsp3) is 0.0227. The zero-order valence-electron chi connectivity index (χ0n) is 27.0. The van der Waals surface area contributed by atoms with Crippen molar-refractivity contribution < 1.29 is 4.79 Å². The van der Waals surface area contributed by atoms with E-state index in [1.165, 1.54) is 0 Å². The SMILES string of the molecule is [N-]=[N+]=C1C=CC=CC1n1c2ccc1cc1nc(cc3c(-c4ccccc4)c(-c4ccccc4)c(cc4nc(c2)C=C4)n3-c2ccccc2)C=C1. The molecule has 0 fully saturated rings. The van der Waals surface area contributed by atoms with Gasteiger partial charge in [0.05, 0.1) is 33.8 Å². The lowest BCUT2D eigenvalue weighted by Gasteiger charge is -2.14. The Bertz CT molecular complexity index is 2490. The number of aromatic nitrogens is 4. The number of hydrogen-bond donors (Lipinski definition) is 0. The maximum absolute atomic E-state index is 9.92. The standard InChI is InChI=1S/C44H30N6/c45-48-39-18-10-11-19-40(39)49-37-24-25-38(49)27-33-21-23-35(47-33)29-42-44(31-14-6-2-7-15-31)43(30-12-4-1-5-13-30)41(28-34-22-20-32(26-37)46-34)50(42)36-16-8-3-9-17-36/h1-29,40H. The molecule has 236 valence electrons. The quantitative estimate of drug-likeness (QED) is 0.142. The molecule has 1 unspecified atom stereocenters. The maximum Gasteiger partial charge on any atom is 0.318 e. The largest absolute Gasteiger partial charge is 0.361 e. The van der Waals surface area contributed by atoms with Gasteiger partial charge >= 0.3 is 5.71 Å². The third-order valence-corrected chi connectivity index (χ3v) is 9.26. The van der Waals surface area contributed by atoms with E-state index in [1.54, 1.807) is 0 Å². The molecule has 3 aromatic heterocycles. The fourth-order valence-electron chi connectivity index (χ4n) is 7.09. The second kappa shape index (κ2) is 12.3. The van der Waals surface area contributed by atoms with E-state index in [2.05, 4.69) is 160 Å². The predicted octanol–water partition coefficient (Wildman–Crippen LogP) is 10.3. The summed E-state index contributed by atoms with van der Waals surface area (Å²) in [6.45, 7) is 0. The predicted molar refractivity (Wildman–Crippen MR) is 204 cm³/mol. The van der Waals surface area contributed by atoms with E-state index in [4.69, 9.17) is 9.97 Å². The van der Waals surface area contributed by atoms with Crippen LogP contribution in [0.4, 0.5) is 0 Å². The Hall–Kier alpha value is -6.88. The Morgan fingerprint density at radius 2 is 1.00 bits per heavy atom. The van der Waals surface area contributed by atoms with Crippen LogP contribution in [0.2, 0.25) is 0 Å². The molecule has 1 atom stereocenters. The topological polar surface area (TPSA) is 72.0 Å². The van der Waals surface area contributed by atoms with Crippen molar-refractivity contribution in [2.24, 2.45) is 0 Å². The second-order valence-corrected chi connectivity index (χ2v) is 12.4. The summed E-state index contributed by atoms with van der Waals surface area (Å²) in [5.41, 5.74) is 23.2. The minimum atomic E-state index is -0.300. The van der Waals surface area contributed by atoms with Crippen LogP contribution < -0.4 is 0 Å². The summed E-state index contributed by atoms with van der Waals surface area (Å²) < 4.78 is 4.49. The van der Waals surface area contributed by atoms with Crippen LogP contribution in [0, 0.1) is 0 Å². The van der Waals surface area contributed by atoms with E-state index in [9.17, 15) is 5.53 Å². The third-order valence-electron chi connectivity index (χ3n) is 9.26. The lowest BCUT2D eigenvalue weighted by molar-refractivity contribution is -0.00846. The van der Waals surface area contributed by atoms with Gasteiger partial charge < -0.3 is 14.7 Å². The number of allylic oxidation sites excluding steroid dienone is 4. The lowest BCUT2D eigenvalue weighted by atomic mass is 9.96. The first-order valence-corrected chi connectivity index (χ1v) is 16.6. The molecule has 3 aromatic carbocycles. The first kappa shape index (κ1) is 29.3. The molecule has 6 heteroatoms. The molecule has 6 aromatic rings. The van der Waals surface area contributed by atoms with Crippen molar-refractivity contribution in [3.63, 3.8) is 0 Å². The summed E-state index contributed by atoms with van der Waals surface area (Å²) in [5, 5.41) is 0. The Morgan fingerprint density at radius 3 is 1.50 bits per heavy atom. The number of nitrogens with zero attached hydrogens (tertiary/aromatic N) is 6. The van der Waals surface area contributed by atoms with Crippen LogP contribution in [-0.4, -0.2) is 29.6 Å². The summed E-state index contributed by atoms with van der Waals surface area (Å²) in [4.78, 5) is 13.9. The third kappa shape index (κ3) is 5.17. The Kier molecular flexibility index (Phi) is 7.20.